The molecule has 0 aromatic carbocycles. The second kappa shape index (κ2) is 7.56. The van der Waals surface area contributed by atoms with E-state index >= 15 is 0 Å². The molecule has 2 aliphatic rings. The molecule has 0 atom stereocenters. The molecule has 0 bridgehead atoms. The zero-order chi connectivity index (χ0) is 12.7. The van der Waals surface area contributed by atoms with Crippen molar-refractivity contribution in [1.29, 1.82) is 0 Å². The third-order valence-corrected chi connectivity index (χ3v) is 5.88. The topological polar surface area (TPSA) is 0 Å². The van der Waals surface area contributed by atoms with Gasteiger partial charge in [0, 0.05) is 0 Å². The SMILES string of the molecule is CCC1CCCCC2(CCCCCC2)CCCC1. The first-order valence-electron chi connectivity index (χ1n) is 8.85. The van der Waals surface area contributed by atoms with E-state index in [1.807, 2.05) is 0 Å². The number of hydrogen-bond acceptors (Lipinski definition) is 0. The maximum absolute atomic E-state index is 2.39. The molecule has 2 rings (SSSR count). The minimum Gasteiger partial charge on any atom is -0.0651 e. The van der Waals surface area contributed by atoms with Crippen molar-refractivity contribution >= 4 is 0 Å². The van der Waals surface area contributed by atoms with E-state index in [9.17, 15) is 0 Å². The second-order valence-electron chi connectivity index (χ2n) is 7.18. The zero-order valence-corrected chi connectivity index (χ0v) is 12.7. The predicted octanol–water partition coefficient (Wildman–Crippen LogP) is 6.49. The van der Waals surface area contributed by atoms with Crippen LogP contribution < -0.4 is 0 Å². The van der Waals surface area contributed by atoms with Crippen LogP contribution in [0.4, 0.5) is 0 Å². The largest absolute Gasteiger partial charge is 0.0651 e. The lowest BCUT2D eigenvalue weighted by Crippen LogP contribution is -2.21. The molecule has 18 heavy (non-hydrogen) atoms. The summed E-state index contributed by atoms with van der Waals surface area (Å²) in [4.78, 5) is 0. The van der Waals surface area contributed by atoms with Crippen LogP contribution in [0.2, 0.25) is 0 Å². The molecule has 0 N–H and O–H groups in total. The van der Waals surface area contributed by atoms with Crippen LogP contribution in [0.5, 0.6) is 0 Å². The summed E-state index contributed by atoms with van der Waals surface area (Å²) in [6.07, 6.45) is 22.9. The Morgan fingerprint density at radius 3 is 1.56 bits per heavy atom. The molecule has 0 aromatic heterocycles. The van der Waals surface area contributed by atoms with Crippen LogP contribution in [0.3, 0.4) is 0 Å². The zero-order valence-electron chi connectivity index (χ0n) is 12.7. The van der Waals surface area contributed by atoms with Gasteiger partial charge in [-0.2, -0.15) is 0 Å². The lowest BCUT2D eigenvalue weighted by Gasteiger charge is -2.34. The molecule has 0 aromatic rings. The standard InChI is InChI=1S/C18H34/c1-2-17-11-5-9-15-18(16-10-6-12-17)13-7-3-4-8-14-18/h17H,2-16H2,1H3. The smallest absolute Gasteiger partial charge is 0.0297 e. The van der Waals surface area contributed by atoms with Gasteiger partial charge in [-0.3, -0.25) is 0 Å². The van der Waals surface area contributed by atoms with Crippen molar-refractivity contribution < 1.29 is 0 Å². The second-order valence-corrected chi connectivity index (χ2v) is 7.18. The Morgan fingerprint density at radius 1 is 0.667 bits per heavy atom. The Bertz CT molecular complexity index is 196. The molecule has 2 fully saturated rings. The van der Waals surface area contributed by atoms with Crippen LogP contribution >= 0.6 is 0 Å². The highest BCUT2D eigenvalue weighted by Gasteiger charge is 2.30. The van der Waals surface area contributed by atoms with E-state index in [0.717, 1.165) is 11.3 Å². The van der Waals surface area contributed by atoms with E-state index < -0.39 is 0 Å². The van der Waals surface area contributed by atoms with Crippen molar-refractivity contribution in [1.82, 2.24) is 0 Å². The lowest BCUT2D eigenvalue weighted by atomic mass is 9.71. The van der Waals surface area contributed by atoms with E-state index in [-0.39, 0.29) is 0 Å². The summed E-state index contributed by atoms with van der Waals surface area (Å²) in [5, 5.41) is 0. The lowest BCUT2D eigenvalue weighted by molar-refractivity contribution is 0.179. The molecule has 2 saturated carbocycles. The Hall–Kier alpha value is 0. The van der Waals surface area contributed by atoms with Crippen LogP contribution in [-0.4, -0.2) is 0 Å². The minimum absolute atomic E-state index is 0.787. The maximum Gasteiger partial charge on any atom is -0.0297 e. The van der Waals surface area contributed by atoms with Crippen LogP contribution in [0.1, 0.15) is 103 Å². The highest BCUT2D eigenvalue weighted by molar-refractivity contribution is 4.82. The monoisotopic (exact) mass is 250 g/mol. The summed E-state index contributed by atoms with van der Waals surface area (Å²) >= 11 is 0. The fourth-order valence-electron chi connectivity index (χ4n) is 4.52. The predicted molar refractivity (Wildman–Crippen MR) is 80.9 cm³/mol. The van der Waals surface area contributed by atoms with Crippen molar-refractivity contribution in [3.63, 3.8) is 0 Å². The van der Waals surface area contributed by atoms with Gasteiger partial charge in [0.25, 0.3) is 0 Å². The van der Waals surface area contributed by atoms with Gasteiger partial charge in [-0.05, 0) is 37.0 Å². The van der Waals surface area contributed by atoms with Gasteiger partial charge in [-0.1, -0.05) is 77.6 Å². The van der Waals surface area contributed by atoms with E-state index in [1.165, 1.54) is 70.6 Å². The van der Waals surface area contributed by atoms with Gasteiger partial charge in [0.15, 0.2) is 0 Å². The Labute approximate surface area is 115 Å². The fourth-order valence-corrected chi connectivity index (χ4v) is 4.52. The van der Waals surface area contributed by atoms with Crippen molar-refractivity contribution in [3.05, 3.63) is 0 Å². The van der Waals surface area contributed by atoms with Gasteiger partial charge >= 0.3 is 0 Å². The molecule has 0 heterocycles. The van der Waals surface area contributed by atoms with Gasteiger partial charge in [-0.15, -0.1) is 0 Å². The van der Waals surface area contributed by atoms with Gasteiger partial charge < -0.3 is 0 Å². The Morgan fingerprint density at radius 2 is 1.11 bits per heavy atom. The maximum atomic E-state index is 2.39. The first-order chi connectivity index (χ1) is 8.85. The van der Waals surface area contributed by atoms with Gasteiger partial charge in [0.05, 0.1) is 0 Å². The highest BCUT2D eigenvalue weighted by Crippen LogP contribution is 2.44. The van der Waals surface area contributed by atoms with Crippen LogP contribution in [0, 0.1) is 11.3 Å². The molecule has 0 saturated heterocycles. The molecular formula is C18H34. The van der Waals surface area contributed by atoms with E-state index in [1.54, 1.807) is 25.7 Å². The van der Waals surface area contributed by atoms with E-state index in [4.69, 9.17) is 0 Å². The summed E-state index contributed by atoms with van der Waals surface area (Å²) in [7, 11) is 0. The molecular weight excluding hydrogens is 216 g/mol. The van der Waals surface area contributed by atoms with Crippen LogP contribution in [0.25, 0.3) is 0 Å². The molecule has 0 radical (unpaired) electrons. The van der Waals surface area contributed by atoms with Crippen molar-refractivity contribution in [2.75, 3.05) is 0 Å². The molecule has 0 aliphatic heterocycles. The van der Waals surface area contributed by atoms with Gasteiger partial charge in [0.1, 0.15) is 0 Å². The first kappa shape index (κ1) is 14.4. The molecule has 0 amide bonds. The molecule has 106 valence electrons. The molecule has 0 unspecified atom stereocenters. The quantitative estimate of drug-likeness (QED) is 0.499. The summed E-state index contributed by atoms with van der Waals surface area (Å²) in [6, 6.07) is 0. The highest BCUT2D eigenvalue weighted by atomic mass is 14.4. The average molecular weight is 250 g/mol. The number of rotatable bonds is 1. The summed E-state index contributed by atoms with van der Waals surface area (Å²) in [5.74, 6) is 1.05. The van der Waals surface area contributed by atoms with Gasteiger partial charge in [0.2, 0.25) is 0 Å². The van der Waals surface area contributed by atoms with Crippen LogP contribution in [-0.2, 0) is 0 Å². The Kier molecular flexibility index (Phi) is 6.05. The van der Waals surface area contributed by atoms with E-state index in [0.29, 0.717) is 0 Å². The summed E-state index contributed by atoms with van der Waals surface area (Å²) in [5.41, 5.74) is 0.787. The summed E-state index contributed by atoms with van der Waals surface area (Å²) < 4.78 is 0. The van der Waals surface area contributed by atoms with Crippen LogP contribution in [0.15, 0.2) is 0 Å². The van der Waals surface area contributed by atoms with Crippen molar-refractivity contribution in [2.45, 2.75) is 103 Å². The average Bonchev–Trinajstić information content (AvgIpc) is 2.63. The van der Waals surface area contributed by atoms with Crippen molar-refractivity contribution in [2.24, 2.45) is 11.3 Å². The molecule has 0 nitrogen and oxygen atoms in total. The third kappa shape index (κ3) is 4.28. The van der Waals surface area contributed by atoms with Gasteiger partial charge in [-0.25, -0.2) is 0 Å². The minimum atomic E-state index is 0.787. The molecule has 2 aliphatic carbocycles. The normalized spacial score (nSPS) is 27.8. The fraction of sp³-hybridized carbons (Fsp3) is 1.00. The van der Waals surface area contributed by atoms with E-state index in [2.05, 4.69) is 6.92 Å². The first-order valence-corrected chi connectivity index (χ1v) is 8.85. The third-order valence-electron chi connectivity index (χ3n) is 5.88. The molecule has 1 spiro atoms. The summed E-state index contributed by atoms with van der Waals surface area (Å²) in [6.45, 7) is 2.39. The Balaban J connectivity index is 1.88. The number of hydrogen-bond donors (Lipinski definition) is 0. The molecule has 0 heteroatoms. The van der Waals surface area contributed by atoms with Crippen molar-refractivity contribution in [3.8, 4) is 0 Å².